The fourth-order valence-electron chi connectivity index (χ4n) is 1.48. The summed E-state index contributed by atoms with van der Waals surface area (Å²) < 4.78 is 0. The van der Waals surface area contributed by atoms with Crippen LogP contribution in [0.15, 0.2) is 24.3 Å². The maximum atomic E-state index is 11.5. The van der Waals surface area contributed by atoms with Crippen LogP contribution in [-0.4, -0.2) is 18.4 Å². The van der Waals surface area contributed by atoms with E-state index in [-0.39, 0.29) is 5.41 Å². The minimum atomic E-state index is -0.639. The molecule has 4 heteroatoms. The molecule has 4 nitrogen and oxygen atoms in total. The Bertz CT molecular complexity index is 430. The van der Waals surface area contributed by atoms with Crippen molar-refractivity contribution in [1.29, 1.82) is 0 Å². The molecule has 0 unspecified atom stereocenters. The molecular weight excluding hydrogens is 228 g/mol. The second kappa shape index (κ2) is 5.67. The first kappa shape index (κ1) is 14.2. The number of likely N-dealkylation sites (N-methyl/N-ethyl adjacent to an activating group) is 1. The van der Waals surface area contributed by atoms with Gasteiger partial charge in [0.2, 0.25) is 0 Å². The number of carbonyl (C=O) groups is 2. The van der Waals surface area contributed by atoms with Crippen molar-refractivity contribution in [3.63, 3.8) is 0 Å². The minimum absolute atomic E-state index is 0.0716. The van der Waals surface area contributed by atoms with E-state index in [9.17, 15) is 9.59 Å². The average molecular weight is 248 g/mol. The maximum absolute atomic E-state index is 11.5. The van der Waals surface area contributed by atoms with E-state index in [0.717, 1.165) is 0 Å². The van der Waals surface area contributed by atoms with Crippen molar-refractivity contribution in [1.82, 2.24) is 5.32 Å². The first-order valence-electron chi connectivity index (χ1n) is 6.04. The topological polar surface area (TPSA) is 58.2 Å². The smallest absolute Gasteiger partial charge is 0.313 e. The summed E-state index contributed by atoms with van der Waals surface area (Å²) in [6.07, 6.45) is 0. The molecule has 2 amide bonds. The number of hydrogen-bond donors (Lipinski definition) is 2. The molecule has 0 saturated heterocycles. The van der Waals surface area contributed by atoms with Gasteiger partial charge in [0.05, 0.1) is 0 Å². The van der Waals surface area contributed by atoms with Crippen LogP contribution in [0.2, 0.25) is 0 Å². The highest BCUT2D eigenvalue weighted by Gasteiger charge is 2.15. The van der Waals surface area contributed by atoms with E-state index in [2.05, 4.69) is 31.4 Å². The summed E-state index contributed by atoms with van der Waals surface area (Å²) in [6.45, 7) is 8.57. The van der Waals surface area contributed by atoms with E-state index in [1.807, 2.05) is 12.1 Å². The molecule has 2 N–H and O–H groups in total. The van der Waals surface area contributed by atoms with Gasteiger partial charge in [0.1, 0.15) is 0 Å². The molecule has 18 heavy (non-hydrogen) atoms. The third-order valence-electron chi connectivity index (χ3n) is 2.55. The zero-order valence-electron chi connectivity index (χ0n) is 11.3. The van der Waals surface area contributed by atoms with Crippen molar-refractivity contribution in [3.8, 4) is 0 Å². The molecule has 0 heterocycles. The molecule has 1 aromatic carbocycles. The molecule has 1 rings (SSSR count). The fraction of sp³-hybridized carbons (Fsp3) is 0.429. The van der Waals surface area contributed by atoms with Gasteiger partial charge in [-0.1, -0.05) is 32.9 Å². The van der Waals surface area contributed by atoms with Crippen LogP contribution >= 0.6 is 0 Å². The summed E-state index contributed by atoms with van der Waals surface area (Å²) in [5, 5.41) is 5.00. The summed E-state index contributed by atoms with van der Waals surface area (Å²) in [6, 6.07) is 7.51. The Balaban J connectivity index is 2.70. The highest BCUT2D eigenvalue weighted by Crippen LogP contribution is 2.23. The van der Waals surface area contributed by atoms with Crippen molar-refractivity contribution < 1.29 is 9.59 Å². The Kier molecular flexibility index (Phi) is 4.48. The second-order valence-electron chi connectivity index (χ2n) is 5.14. The summed E-state index contributed by atoms with van der Waals surface area (Å²) >= 11 is 0. The van der Waals surface area contributed by atoms with Crippen LogP contribution in [0, 0.1) is 0 Å². The Morgan fingerprint density at radius 1 is 1.06 bits per heavy atom. The number of nitrogens with one attached hydrogen (secondary N) is 2. The van der Waals surface area contributed by atoms with Gasteiger partial charge in [-0.15, -0.1) is 0 Å². The highest BCUT2D eigenvalue weighted by molar-refractivity contribution is 6.39. The number of rotatable bonds is 2. The predicted octanol–water partition coefficient (Wildman–Crippen LogP) is 2.06. The zero-order chi connectivity index (χ0) is 13.8. The van der Waals surface area contributed by atoms with E-state index in [4.69, 9.17) is 0 Å². The van der Waals surface area contributed by atoms with Crippen molar-refractivity contribution in [2.45, 2.75) is 33.1 Å². The Labute approximate surface area is 108 Å². The quantitative estimate of drug-likeness (QED) is 0.787. The van der Waals surface area contributed by atoms with Gasteiger partial charge in [0.15, 0.2) is 0 Å². The Morgan fingerprint density at radius 3 is 2.06 bits per heavy atom. The molecule has 0 fully saturated rings. The van der Waals surface area contributed by atoms with Gasteiger partial charge in [-0.2, -0.15) is 0 Å². The number of amides is 2. The van der Waals surface area contributed by atoms with E-state index in [0.29, 0.717) is 12.2 Å². The normalized spacial score (nSPS) is 10.9. The lowest BCUT2D eigenvalue weighted by Gasteiger charge is -2.19. The fourth-order valence-corrected chi connectivity index (χ4v) is 1.48. The number of carbonyl (C=O) groups excluding carboxylic acids is 2. The zero-order valence-corrected chi connectivity index (χ0v) is 11.3. The van der Waals surface area contributed by atoms with E-state index in [1.165, 1.54) is 5.56 Å². The third kappa shape index (κ3) is 3.87. The molecule has 0 spiro atoms. The predicted molar refractivity (Wildman–Crippen MR) is 72.5 cm³/mol. The molecule has 0 aliphatic heterocycles. The van der Waals surface area contributed by atoms with Gasteiger partial charge < -0.3 is 10.6 Å². The molecule has 0 aliphatic carbocycles. The highest BCUT2D eigenvalue weighted by atomic mass is 16.2. The summed E-state index contributed by atoms with van der Waals surface area (Å²) in [7, 11) is 0. The lowest BCUT2D eigenvalue weighted by molar-refractivity contribution is -0.136. The van der Waals surface area contributed by atoms with Crippen LogP contribution in [0.3, 0.4) is 0 Å². The molecule has 0 aromatic heterocycles. The SMILES string of the molecule is CCNC(=O)C(=O)Nc1ccc(C(C)(C)C)cc1. The number of anilines is 1. The first-order valence-corrected chi connectivity index (χ1v) is 6.04. The van der Waals surface area contributed by atoms with E-state index >= 15 is 0 Å². The maximum Gasteiger partial charge on any atom is 0.313 e. The van der Waals surface area contributed by atoms with Crippen molar-refractivity contribution in [3.05, 3.63) is 29.8 Å². The number of benzene rings is 1. The molecule has 0 atom stereocenters. The van der Waals surface area contributed by atoms with Crippen LogP contribution < -0.4 is 10.6 Å². The van der Waals surface area contributed by atoms with Crippen molar-refractivity contribution in [2.24, 2.45) is 0 Å². The molecule has 98 valence electrons. The van der Waals surface area contributed by atoms with Gasteiger partial charge in [-0.25, -0.2) is 0 Å². The Hall–Kier alpha value is -1.84. The minimum Gasteiger partial charge on any atom is -0.348 e. The van der Waals surface area contributed by atoms with Crippen molar-refractivity contribution in [2.75, 3.05) is 11.9 Å². The first-order chi connectivity index (χ1) is 8.34. The van der Waals surface area contributed by atoms with Crippen LogP contribution in [0.1, 0.15) is 33.3 Å². The monoisotopic (exact) mass is 248 g/mol. The molecule has 0 saturated carbocycles. The van der Waals surface area contributed by atoms with Gasteiger partial charge in [-0.05, 0) is 30.0 Å². The van der Waals surface area contributed by atoms with Gasteiger partial charge in [0, 0.05) is 12.2 Å². The lowest BCUT2D eigenvalue weighted by atomic mass is 9.87. The standard InChI is InChI=1S/C14H20N2O2/c1-5-15-12(17)13(18)16-11-8-6-10(7-9-11)14(2,3)4/h6-9H,5H2,1-4H3,(H,15,17)(H,16,18). The van der Waals surface area contributed by atoms with Gasteiger partial charge in [0.25, 0.3) is 0 Å². The number of hydrogen-bond acceptors (Lipinski definition) is 2. The second-order valence-corrected chi connectivity index (χ2v) is 5.14. The van der Waals surface area contributed by atoms with Crippen LogP contribution in [0.25, 0.3) is 0 Å². The lowest BCUT2D eigenvalue weighted by Crippen LogP contribution is -2.35. The van der Waals surface area contributed by atoms with Crippen molar-refractivity contribution >= 4 is 17.5 Å². The van der Waals surface area contributed by atoms with E-state index in [1.54, 1.807) is 19.1 Å². The van der Waals surface area contributed by atoms with Crippen LogP contribution in [-0.2, 0) is 15.0 Å². The largest absolute Gasteiger partial charge is 0.348 e. The molecule has 0 aliphatic rings. The van der Waals surface area contributed by atoms with Gasteiger partial charge in [-0.3, -0.25) is 9.59 Å². The summed E-state index contributed by atoms with van der Waals surface area (Å²) in [5.74, 6) is -1.25. The summed E-state index contributed by atoms with van der Waals surface area (Å²) in [5.41, 5.74) is 1.88. The van der Waals surface area contributed by atoms with E-state index < -0.39 is 11.8 Å². The third-order valence-corrected chi connectivity index (χ3v) is 2.55. The van der Waals surface area contributed by atoms with Gasteiger partial charge >= 0.3 is 11.8 Å². The Morgan fingerprint density at radius 2 is 1.61 bits per heavy atom. The molecular formula is C14H20N2O2. The summed E-state index contributed by atoms with van der Waals surface area (Å²) in [4.78, 5) is 22.7. The van der Waals surface area contributed by atoms with Crippen LogP contribution in [0.5, 0.6) is 0 Å². The average Bonchev–Trinajstić information content (AvgIpc) is 2.28. The van der Waals surface area contributed by atoms with Crippen LogP contribution in [0.4, 0.5) is 5.69 Å². The molecule has 1 aromatic rings. The molecule has 0 radical (unpaired) electrons. The molecule has 0 bridgehead atoms.